The van der Waals surface area contributed by atoms with Crippen LogP contribution in [0.2, 0.25) is 0 Å². The zero-order valence-corrected chi connectivity index (χ0v) is 17.8. The fourth-order valence-corrected chi connectivity index (χ4v) is 2.33. The quantitative estimate of drug-likeness (QED) is 0.432. The van der Waals surface area contributed by atoms with E-state index < -0.39 is 0 Å². The highest BCUT2D eigenvalue weighted by Gasteiger charge is 2.05. The number of benzene rings is 1. The molecule has 144 valence electrons. The third-order valence-corrected chi connectivity index (χ3v) is 3.31. The molecule has 0 atom stereocenters. The molecule has 3 nitrogen and oxygen atoms in total. The van der Waals surface area contributed by atoms with Crippen molar-refractivity contribution in [3.05, 3.63) is 48.2 Å². The molecule has 1 aromatic carbocycles. The van der Waals surface area contributed by atoms with Crippen LogP contribution in [-0.2, 0) is 0 Å². The average Bonchev–Trinajstić information content (AvgIpc) is 3.06. The van der Waals surface area contributed by atoms with Gasteiger partial charge in [-0.2, -0.15) is 5.26 Å². The minimum Gasteiger partial charge on any atom is -0.360 e. The molecule has 2 rings (SSSR count). The van der Waals surface area contributed by atoms with E-state index in [1.165, 1.54) is 29.9 Å². The van der Waals surface area contributed by atoms with E-state index in [0.717, 1.165) is 11.2 Å². The number of nitrogens with zero attached hydrogens (tertiary/aromatic N) is 1. The highest BCUT2D eigenvalue weighted by atomic mass is 32.2. The number of rotatable bonds is 4. The van der Waals surface area contributed by atoms with Crippen molar-refractivity contribution in [1.82, 2.24) is 4.98 Å². The molecule has 0 aliphatic rings. The van der Waals surface area contributed by atoms with Gasteiger partial charge in [0.15, 0.2) is 0 Å². The standard InChI is InChI=1S/C15H18N2S.C3H8.C2H3N.CH3F/c1-4-5-6-11(2)14-10-16-15-9-12(17-18-3)7-8-13(14)15;1-3-2;1-2-3;1-2/h4-10,16-17H,1-3H3;3H2,1-2H3;1H3;1H3/b5-4-,11-6+;;;. The molecule has 0 aliphatic heterocycles. The number of H-pyrrole nitrogens is 1. The second-order valence-corrected chi connectivity index (χ2v) is 5.69. The van der Waals surface area contributed by atoms with Crippen LogP contribution in [0.4, 0.5) is 10.1 Å². The lowest BCUT2D eigenvalue weighted by Gasteiger charge is -2.03. The van der Waals surface area contributed by atoms with E-state index in [9.17, 15) is 4.39 Å². The van der Waals surface area contributed by atoms with E-state index in [1.54, 1.807) is 18.0 Å². The number of nitrogens with one attached hydrogen (secondary N) is 2. The average molecular weight is 378 g/mol. The number of anilines is 1. The number of aromatic nitrogens is 1. The first-order valence-corrected chi connectivity index (χ1v) is 9.70. The van der Waals surface area contributed by atoms with Crippen LogP contribution in [0.5, 0.6) is 0 Å². The molecule has 2 N–H and O–H groups in total. The molecule has 2 aromatic rings. The first kappa shape index (κ1) is 26.0. The molecule has 0 unspecified atom stereocenters. The number of allylic oxidation sites excluding steroid dienone is 4. The summed E-state index contributed by atoms with van der Waals surface area (Å²) < 4.78 is 12.7. The largest absolute Gasteiger partial charge is 0.360 e. The summed E-state index contributed by atoms with van der Waals surface area (Å²) in [6.07, 6.45) is 11.6. The summed E-state index contributed by atoms with van der Waals surface area (Å²) in [7, 11) is 0.500. The van der Waals surface area contributed by atoms with Crippen molar-refractivity contribution < 1.29 is 4.39 Å². The van der Waals surface area contributed by atoms with E-state index in [4.69, 9.17) is 5.26 Å². The number of nitriles is 1. The van der Waals surface area contributed by atoms with Gasteiger partial charge in [-0.3, -0.25) is 4.39 Å². The van der Waals surface area contributed by atoms with Crippen LogP contribution < -0.4 is 4.72 Å². The molecule has 0 spiro atoms. The second kappa shape index (κ2) is 17.6. The Balaban J connectivity index is 0. The van der Waals surface area contributed by atoms with Crippen LogP contribution in [0.25, 0.3) is 16.5 Å². The van der Waals surface area contributed by atoms with Crippen molar-refractivity contribution in [3.63, 3.8) is 0 Å². The molecule has 1 aromatic heterocycles. The Morgan fingerprint density at radius 1 is 1.35 bits per heavy atom. The Morgan fingerprint density at radius 3 is 2.42 bits per heavy atom. The van der Waals surface area contributed by atoms with Gasteiger partial charge in [-0.15, -0.1) is 0 Å². The van der Waals surface area contributed by atoms with Gasteiger partial charge in [0.1, 0.15) is 0 Å². The molecule has 0 saturated heterocycles. The van der Waals surface area contributed by atoms with Gasteiger partial charge < -0.3 is 9.71 Å². The van der Waals surface area contributed by atoms with Gasteiger partial charge in [0.25, 0.3) is 0 Å². The number of halogens is 1. The fourth-order valence-electron chi connectivity index (χ4n) is 1.96. The Morgan fingerprint density at radius 2 is 1.92 bits per heavy atom. The smallest absolute Gasteiger partial charge is 0.0785 e. The molecule has 5 heteroatoms. The fraction of sp³-hybridized carbons (Fsp3) is 0.381. The Bertz CT molecular complexity index is 697. The van der Waals surface area contributed by atoms with Crippen LogP contribution in [0.3, 0.4) is 0 Å². The van der Waals surface area contributed by atoms with Gasteiger partial charge in [0.05, 0.1) is 13.2 Å². The van der Waals surface area contributed by atoms with E-state index >= 15 is 0 Å². The van der Waals surface area contributed by atoms with Crippen LogP contribution in [0, 0.1) is 11.3 Å². The molecular formula is C21H32FN3S. The molecule has 0 fully saturated rings. The van der Waals surface area contributed by atoms with Crippen molar-refractivity contribution in [2.24, 2.45) is 0 Å². The van der Waals surface area contributed by atoms with Gasteiger partial charge in [-0.05, 0) is 31.6 Å². The lowest BCUT2D eigenvalue weighted by Crippen LogP contribution is -1.84. The predicted octanol–water partition coefficient (Wildman–Crippen LogP) is 7.37. The molecule has 0 saturated carbocycles. The van der Waals surface area contributed by atoms with E-state index in [2.05, 4.69) is 67.0 Å². The van der Waals surface area contributed by atoms with E-state index in [1.807, 2.05) is 19.3 Å². The normalized spacial score (nSPS) is 9.88. The molecule has 0 bridgehead atoms. The zero-order valence-electron chi connectivity index (χ0n) is 17.0. The highest BCUT2D eigenvalue weighted by molar-refractivity contribution is 7.99. The van der Waals surface area contributed by atoms with Crippen molar-refractivity contribution >= 4 is 34.1 Å². The summed E-state index contributed by atoms with van der Waals surface area (Å²) in [6, 6.07) is 8.16. The summed E-state index contributed by atoms with van der Waals surface area (Å²) in [5.41, 5.74) is 4.82. The summed E-state index contributed by atoms with van der Waals surface area (Å²) in [6.45, 7) is 9.84. The number of fused-ring (bicyclic) bond motifs is 1. The number of hydrogen-bond donors (Lipinski definition) is 2. The predicted molar refractivity (Wildman–Crippen MR) is 118 cm³/mol. The summed E-state index contributed by atoms with van der Waals surface area (Å²) >= 11 is 1.60. The number of hydrogen-bond acceptors (Lipinski definition) is 3. The first-order chi connectivity index (χ1) is 12.6. The summed E-state index contributed by atoms with van der Waals surface area (Å²) in [5, 5.41) is 8.58. The maximum atomic E-state index is 9.50. The van der Waals surface area contributed by atoms with Crippen molar-refractivity contribution in [3.8, 4) is 6.07 Å². The third-order valence-electron chi connectivity index (χ3n) is 2.87. The summed E-state index contributed by atoms with van der Waals surface area (Å²) in [5.74, 6) is 0. The van der Waals surface area contributed by atoms with E-state index in [0.29, 0.717) is 7.18 Å². The number of aromatic amines is 1. The van der Waals surface area contributed by atoms with E-state index in [-0.39, 0.29) is 0 Å². The minimum absolute atomic E-state index is 0.500. The van der Waals surface area contributed by atoms with Crippen LogP contribution >= 0.6 is 11.9 Å². The van der Waals surface area contributed by atoms with Crippen molar-refractivity contribution in [2.75, 3.05) is 18.2 Å². The topological polar surface area (TPSA) is 51.6 Å². The Labute approximate surface area is 162 Å². The van der Waals surface area contributed by atoms with Gasteiger partial charge >= 0.3 is 0 Å². The molecule has 26 heavy (non-hydrogen) atoms. The SMILES string of the molecule is C/C=C\C=C(/C)c1c[nH]c2cc(NSC)ccc12.CC#N.CCC.CF. The van der Waals surface area contributed by atoms with Crippen LogP contribution in [-0.4, -0.2) is 18.4 Å². The van der Waals surface area contributed by atoms with Crippen molar-refractivity contribution in [2.45, 2.75) is 41.0 Å². The molecular weight excluding hydrogens is 345 g/mol. The zero-order chi connectivity index (χ0) is 20.4. The Kier molecular flexibility index (Phi) is 17.7. The Hall–Kier alpha value is -2.19. The van der Waals surface area contributed by atoms with Gasteiger partial charge in [0.2, 0.25) is 0 Å². The molecule has 0 radical (unpaired) electrons. The van der Waals surface area contributed by atoms with Gasteiger partial charge in [-0.25, -0.2) is 0 Å². The van der Waals surface area contributed by atoms with Crippen molar-refractivity contribution in [1.29, 1.82) is 5.26 Å². The highest BCUT2D eigenvalue weighted by Crippen LogP contribution is 2.27. The molecule has 0 amide bonds. The maximum Gasteiger partial charge on any atom is 0.0785 e. The summed E-state index contributed by atoms with van der Waals surface area (Å²) in [4.78, 5) is 3.33. The lowest BCUT2D eigenvalue weighted by molar-refractivity contribution is 0.636. The van der Waals surface area contributed by atoms with Gasteiger partial charge in [0, 0.05) is 41.5 Å². The maximum absolute atomic E-state index is 9.50. The minimum atomic E-state index is 0.500. The lowest BCUT2D eigenvalue weighted by atomic mass is 10.1. The first-order valence-electron chi connectivity index (χ1n) is 8.48. The third kappa shape index (κ3) is 9.95. The second-order valence-electron chi connectivity index (χ2n) is 5.08. The monoisotopic (exact) mass is 377 g/mol. The van der Waals surface area contributed by atoms with Crippen LogP contribution in [0.1, 0.15) is 46.6 Å². The number of alkyl halides is 1. The molecule has 0 aliphatic carbocycles. The van der Waals surface area contributed by atoms with Gasteiger partial charge in [-0.1, -0.05) is 56.5 Å². The van der Waals surface area contributed by atoms with Crippen LogP contribution in [0.15, 0.2) is 42.6 Å². The molecule has 1 heterocycles.